The van der Waals surface area contributed by atoms with E-state index in [1.165, 1.54) is 23.3 Å². The highest BCUT2D eigenvalue weighted by Crippen LogP contribution is 2.39. The number of anilines is 2. The lowest BCUT2D eigenvalue weighted by Crippen LogP contribution is -2.38. The first kappa shape index (κ1) is 19.9. The van der Waals surface area contributed by atoms with Crippen molar-refractivity contribution in [2.45, 2.75) is 38.5 Å². The summed E-state index contributed by atoms with van der Waals surface area (Å²) in [5, 5.41) is 16.1. The molecule has 4 heterocycles. The summed E-state index contributed by atoms with van der Waals surface area (Å²) in [4.78, 5) is 28.8. The van der Waals surface area contributed by atoms with Crippen LogP contribution in [0.4, 0.5) is 10.8 Å². The van der Waals surface area contributed by atoms with Gasteiger partial charge in [-0.05, 0) is 56.2 Å². The van der Waals surface area contributed by atoms with Crippen LogP contribution in [-0.4, -0.2) is 51.9 Å². The number of hydrogen-bond acceptors (Lipinski definition) is 8. The fraction of sp³-hybridized carbons (Fsp3) is 0.476. The topological polar surface area (TPSA) is 102 Å². The van der Waals surface area contributed by atoms with Crippen LogP contribution in [-0.2, 0) is 22.4 Å². The van der Waals surface area contributed by atoms with Gasteiger partial charge in [-0.1, -0.05) is 0 Å². The summed E-state index contributed by atoms with van der Waals surface area (Å²) >= 11 is 1.53. The average molecular weight is 441 g/mol. The van der Waals surface area contributed by atoms with Crippen LogP contribution in [0.5, 0.6) is 0 Å². The first-order valence-corrected chi connectivity index (χ1v) is 11.4. The summed E-state index contributed by atoms with van der Waals surface area (Å²) in [6, 6.07) is 3.82. The van der Waals surface area contributed by atoms with Crippen LogP contribution in [0.25, 0.3) is 5.65 Å². The number of nitrogens with zero attached hydrogens (tertiary/aromatic N) is 5. The highest BCUT2D eigenvalue weighted by atomic mass is 32.1. The Balaban J connectivity index is 1.27. The molecule has 1 aliphatic heterocycles. The fourth-order valence-electron chi connectivity index (χ4n) is 4.44. The van der Waals surface area contributed by atoms with Gasteiger partial charge in [-0.15, -0.1) is 26.6 Å². The Morgan fingerprint density at radius 2 is 2.00 bits per heavy atom. The standard InChI is InChI=1S/C21H24N6O3S/c1-30-21(29)18-14-4-2-3-5-15(14)31-20(18)23-19(28)13-8-10-26(11-9-13)17-7-6-16-24-22-12-27(16)25-17/h6-7,12-13H,2-5,8-11H2,1H3,(H,23,28). The molecular formula is C21H24N6O3S. The largest absolute Gasteiger partial charge is 0.465 e. The summed E-state index contributed by atoms with van der Waals surface area (Å²) < 4.78 is 6.66. The lowest BCUT2D eigenvalue weighted by Gasteiger charge is -2.31. The molecule has 31 heavy (non-hydrogen) atoms. The Bertz CT molecular complexity index is 1130. The molecule has 1 saturated heterocycles. The van der Waals surface area contributed by atoms with Gasteiger partial charge < -0.3 is 15.0 Å². The van der Waals surface area contributed by atoms with Gasteiger partial charge in [0.25, 0.3) is 0 Å². The van der Waals surface area contributed by atoms with Gasteiger partial charge in [-0.2, -0.15) is 4.52 Å². The van der Waals surface area contributed by atoms with Crippen molar-refractivity contribution in [3.63, 3.8) is 0 Å². The monoisotopic (exact) mass is 440 g/mol. The maximum atomic E-state index is 13.0. The van der Waals surface area contributed by atoms with Gasteiger partial charge in [0.05, 0.1) is 12.7 Å². The summed E-state index contributed by atoms with van der Waals surface area (Å²) in [6.45, 7) is 1.48. The van der Waals surface area contributed by atoms with Gasteiger partial charge in [-0.3, -0.25) is 4.79 Å². The molecule has 0 saturated carbocycles. The van der Waals surface area contributed by atoms with Gasteiger partial charge in [0, 0.05) is 23.9 Å². The van der Waals surface area contributed by atoms with E-state index in [0.717, 1.165) is 63.0 Å². The molecule has 5 rings (SSSR count). The van der Waals surface area contributed by atoms with E-state index in [1.807, 2.05) is 12.1 Å². The van der Waals surface area contributed by atoms with Crippen LogP contribution in [0.15, 0.2) is 18.5 Å². The van der Waals surface area contributed by atoms with Crippen LogP contribution in [0.3, 0.4) is 0 Å². The molecule has 1 fully saturated rings. The Labute approximate surface area is 183 Å². The van der Waals surface area contributed by atoms with Crippen molar-refractivity contribution in [3.8, 4) is 0 Å². The lowest BCUT2D eigenvalue weighted by atomic mass is 9.94. The van der Waals surface area contributed by atoms with E-state index in [2.05, 4.69) is 25.5 Å². The van der Waals surface area contributed by atoms with E-state index in [1.54, 1.807) is 10.8 Å². The van der Waals surface area contributed by atoms with Crippen molar-refractivity contribution in [3.05, 3.63) is 34.5 Å². The van der Waals surface area contributed by atoms with E-state index in [0.29, 0.717) is 16.2 Å². The Hall–Kier alpha value is -3.01. The van der Waals surface area contributed by atoms with Crippen molar-refractivity contribution in [1.29, 1.82) is 0 Å². The Morgan fingerprint density at radius 1 is 1.19 bits per heavy atom. The number of aryl methyl sites for hydroxylation is 1. The van der Waals surface area contributed by atoms with Crippen molar-refractivity contribution in [1.82, 2.24) is 19.8 Å². The van der Waals surface area contributed by atoms with Gasteiger partial charge in [0.2, 0.25) is 5.91 Å². The molecule has 3 aromatic rings. The van der Waals surface area contributed by atoms with E-state index >= 15 is 0 Å². The molecule has 0 atom stereocenters. The summed E-state index contributed by atoms with van der Waals surface area (Å²) in [6.07, 6.45) is 7.05. The summed E-state index contributed by atoms with van der Waals surface area (Å²) in [5.74, 6) is 0.371. The average Bonchev–Trinajstić information content (AvgIpc) is 3.42. The minimum absolute atomic E-state index is 0.0226. The number of ether oxygens (including phenoxy) is 1. The second-order valence-corrected chi connectivity index (χ2v) is 9.09. The molecule has 2 aliphatic rings. The number of aromatic nitrogens is 4. The molecular weight excluding hydrogens is 416 g/mol. The molecule has 0 aromatic carbocycles. The van der Waals surface area contributed by atoms with Crippen LogP contribution in [0.1, 0.15) is 46.5 Å². The zero-order chi connectivity index (χ0) is 21.4. The van der Waals surface area contributed by atoms with E-state index in [9.17, 15) is 9.59 Å². The van der Waals surface area contributed by atoms with Crippen LogP contribution in [0, 0.1) is 5.92 Å². The van der Waals surface area contributed by atoms with E-state index < -0.39 is 0 Å². The van der Waals surface area contributed by atoms with Crippen molar-refractivity contribution < 1.29 is 14.3 Å². The number of piperidine rings is 1. The number of rotatable bonds is 4. The second-order valence-electron chi connectivity index (χ2n) is 7.98. The first-order chi connectivity index (χ1) is 15.1. The Morgan fingerprint density at radius 3 is 2.81 bits per heavy atom. The second kappa shape index (κ2) is 8.26. The highest BCUT2D eigenvalue weighted by molar-refractivity contribution is 7.17. The molecule has 1 N–H and O–H groups in total. The molecule has 0 radical (unpaired) electrons. The lowest BCUT2D eigenvalue weighted by molar-refractivity contribution is -0.120. The molecule has 0 unspecified atom stereocenters. The van der Waals surface area contributed by atoms with Gasteiger partial charge >= 0.3 is 5.97 Å². The molecule has 0 spiro atoms. The minimum atomic E-state index is -0.361. The van der Waals surface area contributed by atoms with Gasteiger partial charge in [0.1, 0.15) is 17.1 Å². The third-order valence-electron chi connectivity index (χ3n) is 6.13. The Kier molecular flexibility index (Phi) is 5.31. The molecule has 9 nitrogen and oxygen atoms in total. The number of esters is 1. The van der Waals surface area contributed by atoms with E-state index in [4.69, 9.17) is 4.74 Å². The molecule has 1 amide bonds. The third kappa shape index (κ3) is 3.76. The molecule has 0 bridgehead atoms. The number of methoxy groups -OCH3 is 1. The zero-order valence-electron chi connectivity index (χ0n) is 17.3. The minimum Gasteiger partial charge on any atom is -0.465 e. The number of thiophene rings is 1. The van der Waals surface area contributed by atoms with Crippen LogP contribution in [0.2, 0.25) is 0 Å². The quantitative estimate of drug-likeness (QED) is 0.623. The maximum absolute atomic E-state index is 13.0. The fourth-order valence-corrected chi connectivity index (χ4v) is 5.72. The van der Waals surface area contributed by atoms with Gasteiger partial charge in [0.15, 0.2) is 5.65 Å². The van der Waals surface area contributed by atoms with Crippen molar-refractivity contribution in [2.24, 2.45) is 5.92 Å². The first-order valence-electron chi connectivity index (χ1n) is 10.6. The summed E-state index contributed by atoms with van der Waals surface area (Å²) in [7, 11) is 1.39. The molecule has 10 heteroatoms. The summed E-state index contributed by atoms with van der Waals surface area (Å²) in [5.41, 5.74) is 2.32. The number of carbonyl (C=O) groups is 2. The number of hydrogen-bond donors (Lipinski definition) is 1. The molecule has 162 valence electrons. The van der Waals surface area contributed by atoms with E-state index in [-0.39, 0.29) is 17.8 Å². The number of amides is 1. The number of nitrogens with one attached hydrogen (secondary N) is 1. The number of fused-ring (bicyclic) bond motifs is 2. The third-order valence-corrected chi connectivity index (χ3v) is 7.34. The predicted molar refractivity (Wildman–Crippen MR) is 117 cm³/mol. The molecule has 1 aliphatic carbocycles. The van der Waals surface area contributed by atoms with Crippen LogP contribution >= 0.6 is 11.3 Å². The van der Waals surface area contributed by atoms with Crippen molar-refractivity contribution >= 4 is 39.7 Å². The normalized spacial score (nSPS) is 16.9. The smallest absolute Gasteiger partial charge is 0.341 e. The number of carbonyl (C=O) groups excluding carboxylic acids is 2. The zero-order valence-corrected chi connectivity index (χ0v) is 18.2. The van der Waals surface area contributed by atoms with Crippen molar-refractivity contribution in [2.75, 3.05) is 30.4 Å². The highest BCUT2D eigenvalue weighted by Gasteiger charge is 2.30. The van der Waals surface area contributed by atoms with Crippen LogP contribution < -0.4 is 10.2 Å². The molecule has 3 aromatic heterocycles. The SMILES string of the molecule is COC(=O)c1c(NC(=O)C2CCN(c3ccc4nncn4n3)CC2)sc2c1CCCC2. The predicted octanol–water partition coefficient (Wildman–Crippen LogP) is 2.71. The maximum Gasteiger partial charge on any atom is 0.341 e. The van der Waals surface area contributed by atoms with Gasteiger partial charge in [-0.25, -0.2) is 4.79 Å².